The molecular weight excluding hydrogens is 216 g/mol. The molecule has 1 atom stereocenters. The van der Waals surface area contributed by atoms with Crippen LogP contribution < -0.4 is 5.73 Å². The summed E-state index contributed by atoms with van der Waals surface area (Å²) < 4.78 is 0. The Morgan fingerprint density at radius 2 is 2.06 bits per heavy atom. The molecule has 4 heteroatoms. The second-order valence-electron chi connectivity index (χ2n) is 6.18. The number of aliphatic hydroxyl groups is 1. The van der Waals surface area contributed by atoms with Crippen LogP contribution in [0.25, 0.3) is 0 Å². The number of carbonyl (C=O) groups excluding carboxylic acids is 1. The molecule has 0 bridgehead atoms. The molecule has 0 heterocycles. The summed E-state index contributed by atoms with van der Waals surface area (Å²) in [6.07, 6.45) is 2.94. The lowest BCUT2D eigenvalue weighted by atomic mass is 9.84. The van der Waals surface area contributed by atoms with E-state index in [4.69, 9.17) is 10.8 Å². The highest BCUT2D eigenvalue weighted by Crippen LogP contribution is 2.30. The summed E-state index contributed by atoms with van der Waals surface area (Å²) in [4.78, 5) is 14.2. The minimum Gasteiger partial charge on any atom is -0.395 e. The first-order valence-corrected chi connectivity index (χ1v) is 6.50. The van der Waals surface area contributed by atoms with Crippen LogP contribution in [0.5, 0.6) is 0 Å². The summed E-state index contributed by atoms with van der Waals surface area (Å²) in [6, 6.07) is 0.351. The van der Waals surface area contributed by atoms with Gasteiger partial charge in [0, 0.05) is 19.1 Å². The maximum Gasteiger partial charge on any atom is 0.227 e. The summed E-state index contributed by atoms with van der Waals surface area (Å²) in [5.74, 6) is 0.0149. The third-order valence-electron chi connectivity index (χ3n) is 3.10. The van der Waals surface area contributed by atoms with E-state index < -0.39 is 0 Å². The van der Waals surface area contributed by atoms with Crippen LogP contribution in [-0.4, -0.2) is 41.7 Å². The highest BCUT2D eigenvalue weighted by Gasteiger charge is 2.36. The van der Waals surface area contributed by atoms with E-state index in [-0.39, 0.29) is 23.8 Å². The zero-order chi connectivity index (χ0) is 13.1. The van der Waals surface area contributed by atoms with Crippen molar-refractivity contribution in [3.05, 3.63) is 0 Å². The Labute approximate surface area is 104 Å². The molecule has 1 fully saturated rings. The molecule has 17 heavy (non-hydrogen) atoms. The van der Waals surface area contributed by atoms with Gasteiger partial charge in [-0.2, -0.15) is 0 Å². The molecule has 0 radical (unpaired) electrons. The molecule has 3 N–H and O–H groups in total. The lowest BCUT2D eigenvalue weighted by Gasteiger charge is -2.30. The number of aliphatic hydroxyl groups excluding tert-OH is 1. The van der Waals surface area contributed by atoms with Crippen LogP contribution in [0.4, 0.5) is 0 Å². The predicted molar refractivity (Wildman–Crippen MR) is 68.4 cm³/mol. The maximum atomic E-state index is 12.4. The van der Waals surface area contributed by atoms with E-state index in [2.05, 4.69) is 20.8 Å². The van der Waals surface area contributed by atoms with Crippen molar-refractivity contribution >= 4 is 5.91 Å². The van der Waals surface area contributed by atoms with Gasteiger partial charge in [-0.15, -0.1) is 0 Å². The van der Waals surface area contributed by atoms with Crippen molar-refractivity contribution in [1.82, 2.24) is 4.90 Å². The number of carbonyl (C=O) groups is 1. The average Bonchev–Trinajstić information content (AvgIpc) is 3.04. The van der Waals surface area contributed by atoms with Crippen molar-refractivity contribution < 1.29 is 9.90 Å². The third kappa shape index (κ3) is 4.64. The molecule has 0 aromatic rings. The molecule has 0 aromatic heterocycles. The van der Waals surface area contributed by atoms with Crippen molar-refractivity contribution in [3.8, 4) is 0 Å². The van der Waals surface area contributed by atoms with Crippen molar-refractivity contribution in [2.24, 2.45) is 17.1 Å². The normalized spacial score (nSPS) is 17.9. The minimum atomic E-state index is -0.109. The van der Waals surface area contributed by atoms with E-state index in [1.165, 1.54) is 0 Å². The van der Waals surface area contributed by atoms with Gasteiger partial charge in [0.2, 0.25) is 5.91 Å². The van der Waals surface area contributed by atoms with Gasteiger partial charge in [-0.05, 0) is 24.7 Å². The smallest absolute Gasteiger partial charge is 0.227 e. The van der Waals surface area contributed by atoms with Crippen molar-refractivity contribution in [3.63, 3.8) is 0 Å². The van der Waals surface area contributed by atoms with Crippen molar-refractivity contribution in [2.45, 2.75) is 46.1 Å². The number of hydrogen-bond donors (Lipinski definition) is 2. The number of rotatable bonds is 6. The fourth-order valence-electron chi connectivity index (χ4n) is 2.21. The molecule has 0 spiro atoms. The topological polar surface area (TPSA) is 66.6 Å². The second-order valence-corrected chi connectivity index (χ2v) is 6.18. The quantitative estimate of drug-likeness (QED) is 0.729. The minimum absolute atomic E-state index is 0.0368. The van der Waals surface area contributed by atoms with Crippen LogP contribution >= 0.6 is 0 Å². The summed E-state index contributed by atoms with van der Waals surface area (Å²) >= 11 is 0. The zero-order valence-corrected chi connectivity index (χ0v) is 11.3. The van der Waals surface area contributed by atoms with Gasteiger partial charge in [0.25, 0.3) is 0 Å². The monoisotopic (exact) mass is 242 g/mol. The third-order valence-corrected chi connectivity index (χ3v) is 3.10. The van der Waals surface area contributed by atoms with Gasteiger partial charge in [-0.3, -0.25) is 4.79 Å². The average molecular weight is 242 g/mol. The Kier molecular flexibility index (Phi) is 4.95. The molecule has 1 rings (SSSR count). The van der Waals surface area contributed by atoms with Gasteiger partial charge in [0.1, 0.15) is 0 Å². The Bertz CT molecular complexity index is 257. The van der Waals surface area contributed by atoms with Gasteiger partial charge in [0.05, 0.1) is 12.5 Å². The summed E-state index contributed by atoms with van der Waals surface area (Å²) in [6.45, 7) is 7.24. The SMILES string of the molecule is CC(C)(C)CC(CN)C(=O)N(CCO)C1CC1. The standard InChI is InChI=1S/C13H26N2O2/c1-13(2,3)8-10(9-14)12(17)15(6-7-16)11-4-5-11/h10-11,16H,4-9,14H2,1-3H3. The molecule has 1 aliphatic carbocycles. The van der Waals surface area contributed by atoms with Gasteiger partial charge >= 0.3 is 0 Å². The highest BCUT2D eigenvalue weighted by atomic mass is 16.3. The maximum absolute atomic E-state index is 12.4. The summed E-state index contributed by atoms with van der Waals surface area (Å²) in [5, 5.41) is 9.02. The number of amides is 1. The zero-order valence-electron chi connectivity index (χ0n) is 11.3. The van der Waals surface area contributed by atoms with Crippen LogP contribution in [-0.2, 0) is 4.79 Å². The largest absolute Gasteiger partial charge is 0.395 e. The lowest BCUT2D eigenvalue weighted by Crippen LogP contribution is -2.43. The van der Waals surface area contributed by atoms with E-state index in [0.29, 0.717) is 19.1 Å². The van der Waals surface area contributed by atoms with Gasteiger partial charge in [-0.25, -0.2) is 0 Å². The van der Waals surface area contributed by atoms with E-state index >= 15 is 0 Å². The number of nitrogens with zero attached hydrogens (tertiary/aromatic N) is 1. The van der Waals surface area contributed by atoms with E-state index in [9.17, 15) is 4.79 Å². The van der Waals surface area contributed by atoms with Crippen LogP contribution in [0.15, 0.2) is 0 Å². The molecule has 100 valence electrons. The van der Waals surface area contributed by atoms with Crippen LogP contribution in [0, 0.1) is 11.3 Å². The fourth-order valence-corrected chi connectivity index (χ4v) is 2.21. The molecule has 0 aliphatic heterocycles. The Morgan fingerprint density at radius 1 is 1.47 bits per heavy atom. The van der Waals surface area contributed by atoms with Gasteiger partial charge < -0.3 is 15.7 Å². The van der Waals surface area contributed by atoms with Gasteiger partial charge in [-0.1, -0.05) is 20.8 Å². The second kappa shape index (κ2) is 5.83. The number of nitrogens with two attached hydrogens (primary N) is 1. The van der Waals surface area contributed by atoms with E-state index in [0.717, 1.165) is 19.3 Å². The molecule has 1 unspecified atom stereocenters. The van der Waals surface area contributed by atoms with E-state index in [1.54, 1.807) is 0 Å². The van der Waals surface area contributed by atoms with E-state index in [1.807, 2.05) is 4.90 Å². The van der Waals surface area contributed by atoms with Crippen molar-refractivity contribution in [2.75, 3.05) is 19.7 Å². The Hall–Kier alpha value is -0.610. The Balaban J connectivity index is 2.62. The number of hydrogen-bond acceptors (Lipinski definition) is 3. The Morgan fingerprint density at radius 3 is 2.41 bits per heavy atom. The van der Waals surface area contributed by atoms with Crippen molar-refractivity contribution in [1.29, 1.82) is 0 Å². The lowest BCUT2D eigenvalue weighted by molar-refractivity contribution is -0.137. The molecule has 1 saturated carbocycles. The van der Waals surface area contributed by atoms with Gasteiger partial charge in [0.15, 0.2) is 0 Å². The first kappa shape index (κ1) is 14.5. The first-order valence-electron chi connectivity index (χ1n) is 6.50. The van der Waals surface area contributed by atoms with Crippen LogP contribution in [0.3, 0.4) is 0 Å². The molecule has 1 amide bonds. The summed E-state index contributed by atoms with van der Waals surface area (Å²) in [5.41, 5.74) is 5.83. The molecule has 4 nitrogen and oxygen atoms in total. The first-order chi connectivity index (χ1) is 7.89. The summed E-state index contributed by atoms with van der Waals surface area (Å²) in [7, 11) is 0. The molecule has 0 saturated heterocycles. The van der Waals surface area contributed by atoms with Crippen LogP contribution in [0.2, 0.25) is 0 Å². The predicted octanol–water partition coefficient (Wildman–Crippen LogP) is 0.981. The van der Waals surface area contributed by atoms with Crippen LogP contribution in [0.1, 0.15) is 40.0 Å². The fraction of sp³-hybridized carbons (Fsp3) is 0.923. The molecule has 1 aliphatic rings. The molecule has 0 aromatic carbocycles. The molecular formula is C13H26N2O2. The highest BCUT2D eigenvalue weighted by molar-refractivity contribution is 5.79.